The lowest BCUT2D eigenvalue weighted by molar-refractivity contribution is 0.0938. The maximum Gasteiger partial charge on any atom is 0.253 e. The molecule has 21 heavy (non-hydrogen) atoms. The topological polar surface area (TPSA) is 38.3 Å². The monoisotopic (exact) mass is 351 g/mol. The van der Waals surface area contributed by atoms with Crippen molar-refractivity contribution in [1.29, 1.82) is 0 Å². The number of ether oxygens (including phenoxy) is 1. The lowest BCUT2D eigenvalue weighted by Gasteiger charge is -2.16. The van der Waals surface area contributed by atoms with E-state index in [0.717, 1.165) is 11.3 Å². The summed E-state index contributed by atoms with van der Waals surface area (Å²) >= 11 is 3.09. The van der Waals surface area contributed by atoms with Crippen LogP contribution in [-0.4, -0.2) is 13.0 Å². The fraction of sp³-hybridized carbons (Fsp3) is 0.188. The van der Waals surface area contributed by atoms with Gasteiger partial charge in [0.05, 0.1) is 23.2 Å². The van der Waals surface area contributed by atoms with Gasteiger partial charge in [-0.3, -0.25) is 4.79 Å². The van der Waals surface area contributed by atoms with Gasteiger partial charge in [0.15, 0.2) is 0 Å². The van der Waals surface area contributed by atoms with Gasteiger partial charge >= 0.3 is 0 Å². The van der Waals surface area contributed by atoms with Crippen LogP contribution in [-0.2, 0) is 0 Å². The van der Waals surface area contributed by atoms with Crippen molar-refractivity contribution in [3.8, 4) is 5.75 Å². The Morgan fingerprint density at radius 3 is 2.71 bits per heavy atom. The number of methoxy groups -OCH3 is 1. The number of halogens is 2. The molecule has 1 unspecified atom stereocenters. The third-order valence-corrected chi connectivity index (χ3v) is 3.94. The van der Waals surface area contributed by atoms with E-state index in [1.807, 2.05) is 31.2 Å². The van der Waals surface area contributed by atoms with Crippen LogP contribution in [0.4, 0.5) is 4.39 Å². The van der Waals surface area contributed by atoms with Crippen molar-refractivity contribution in [3.05, 3.63) is 63.9 Å². The Hall–Kier alpha value is -1.88. The van der Waals surface area contributed by atoms with Crippen molar-refractivity contribution in [2.24, 2.45) is 0 Å². The Balaban J connectivity index is 2.16. The minimum Gasteiger partial charge on any atom is -0.497 e. The molecule has 0 spiro atoms. The van der Waals surface area contributed by atoms with Gasteiger partial charge in [0.1, 0.15) is 11.6 Å². The number of carbonyl (C=O) groups is 1. The smallest absolute Gasteiger partial charge is 0.253 e. The minimum absolute atomic E-state index is 0.167. The van der Waals surface area contributed by atoms with Crippen LogP contribution in [0.25, 0.3) is 0 Å². The number of amides is 1. The first-order chi connectivity index (χ1) is 10.0. The molecule has 3 nitrogen and oxygen atoms in total. The molecule has 1 atom stereocenters. The van der Waals surface area contributed by atoms with E-state index >= 15 is 0 Å². The fourth-order valence-corrected chi connectivity index (χ4v) is 2.39. The molecule has 110 valence electrons. The molecule has 0 fully saturated rings. The third-order valence-electron chi connectivity index (χ3n) is 3.14. The van der Waals surface area contributed by atoms with E-state index in [0.29, 0.717) is 0 Å². The molecule has 0 aliphatic rings. The van der Waals surface area contributed by atoms with Gasteiger partial charge in [-0.15, -0.1) is 0 Å². The molecule has 2 aromatic carbocycles. The van der Waals surface area contributed by atoms with Gasteiger partial charge in [0.2, 0.25) is 0 Å². The average molecular weight is 352 g/mol. The van der Waals surface area contributed by atoms with Gasteiger partial charge in [-0.1, -0.05) is 18.2 Å². The van der Waals surface area contributed by atoms with Crippen LogP contribution >= 0.6 is 15.9 Å². The van der Waals surface area contributed by atoms with Gasteiger partial charge in [0, 0.05) is 0 Å². The van der Waals surface area contributed by atoms with Crippen molar-refractivity contribution in [2.45, 2.75) is 13.0 Å². The van der Waals surface area contributed by atoms with E-state index < -0.39 is 5.82 Å². The molecule has 2 rings (SSSR count). The second-order valence-corrected chi connectivity index (χ2v) is 5.37. The number of hydrogen-bond donors (Lipinski definition) is 1. The molecule has 0 aliphatic carbocycles. The summed E-state index contributed by atoms with van der Waals surface area (Å²) in [4.78, 5) is 12.2. The number of rotatable bonds is 4. The highest BCUT2D eigenvalue weighted by molar-refractivity contribution is 9.10. The van der Waals surface area contributed by atoms with Crippen LogP contribution in [0.15, 0.2) is 46.9 Å². The summed E-state index contributed by atoms with van der Waals surface area (Å²) in [5.74, 6) is -0.0751. The van der Waals surface area contributed by atoms with Crippen LogP contribution < -0.4 is 10.1 Å². The summed E-state index contributed by atoms with van der Waals surface area (Å²) in [6.07, 6.45) is 0. The highest BCUT2D eigenvalue weighted by Gasteiger charge is 2.16. The van der Waals surface area contributed by atoms with E-state index in [2.05, 4.69) is 21.2 Å². The molecule has 0 radical (unpaired) electrons. The van der Waals surface area contributed by atoms with Crippen molar-refractivity contribution in [2.75, 3.05) is 7.11 Å². The molecule has 0 aliphatic heterocycles. The molecular formula is C16H15BrFNO2. The minimum atomic E-state index is -0.461. The first-order valence-corrected chi connectivity index (χ1v) is 7.21. The summed E-state index contributed by atoms with van der Waals surface area (Å²) in [7, 11) is 1.59. The standard InChI is InChI=1S/C16H15BrFNO2/c1-10(11-5-3-6-12(9-11)21-2)19-16(20)13-7-4-8-14(18)15(13)17/h3-10H,1-2H3,(H,19,20). The van der Waals surface area contributed by atoms with Gasteiger partial charge in [-0.2, -0.15) is 0 Å². The summed E-state index contributed by atoms with van der Waals surface area (Å²) in [6.45, 7) is 1.86. The van der Waals surface area contributed by atoms with Crippen molar-refractivity contribution in [3.63, 3.8) is 0 Å². The van der Waals surface area contributed by atoms with Crippen LogP contribution in [0.3, 0.4) is 0 Å². The summed E-state index contributed by atoms with van der Waals surface area (Å²) in [6, 6.07) is 11.6. The Labute approximate surface area is 131 Å². The van der Waals surface area contributed by atoms with Gasteiger partial charge in [0.25, 0.3) is 5.91 Å². The molecule has 1 amide bonds. The summed E-state index contributed by atoms with van der Waals surface area (Å²) < 4.78 is 18.8. The van der Waals surface area contributed by atoms with E-state index in [9.17, 15) is 9.18 Å². The lowest BCUT2D eigenvalue weighted by atomic mass is 10.1. The van der Waals surface area contributed by atoms with Crippen LogP contribution in [0.5, 0.6) is 5.75 Å². The first-order valence-electron chi connectivity index (χ1n) is 6.41. The number of carbonyl (C=O) groups excluding carboxylic acids is 1. The first kappa shape index (κ1) is 15.5. The largest absolute Gasteiger partial charge is 0.497 e. The summed E-state index contributed by atoms with van der Waals surface area (Å²) in [5.41, 5.74) is 1.18. The zero-order chi connectivity index (χ0) is 15.4. The average Bonchev–Trinajstić information content (AvgIpc) is 2.49. The predicted molar refractivity (Wildman–Crippen MR) is 83.0 cm³/mol. The number of benzene rings is 2. The van der Waals surface area contributed by atoms with Crippen molar-refractivity contribution < 1.29 is 13.9 Å². The molecule has 0 aromatic heterocycles. The third kappa shape index (κ3) is 3.61. The Kier molecular flexibility index (Phi) is 4.96. The Morgan fingerprint density at radius 1 is 1.29 bits per heavy atom. The SMILES string of the molecule is COc1cccc(C(C)NC(=O)c2cccc(F)c2Br)c1. The second kappa shape index (κ2) is 6.72. The zero-order valence-corrected chi connectivity index (χ0v) is 13.3. The van der Waals surface area contributed by atoms with Crippen LogP contribution in [0.2, 0.25) is 0 Å². The highest BCUT2D eigenvalue weighted by Crippen LogP contribution is 2.22. The Morgan fingerprint density at radius 2 is 2.00 bits per heavy atom. The molecule has 2 aromatic rings. The lowest BCUT2D eigenvalue weighted by Crippen LogP contribution is -2.27. The quantitative estimate of drug-likeness (QED) is 0.900. The molecule has 0 heterocycles. The normalized spacial score (nSPS) is 11.8. The molecular weight excluding hydrogens is 337 g/mol. The molecule has 1 N–H and O–H groups in total. The predicted octanol–water partition coefficient (Wildman–Crippen LogP) is 4.09. The van der Waals surface area contributed by atoms with Crippen molar-refractivity contribution in [1.82, 2.24) is 5.32 Å². The number of hydrogen-bond acceptors (Lipinski definition) is 2. The van der Waals surface area contributed by atoms with Gasteiger partial charge in [-0.25, -0.2) is 4.39 Å². The van der Waals surface area contributed by atoms with E-state index in [-0.39, 0.29) is 22.0 Å². The van der Waals surface area contributed by atoms with Gasteiger partial charge in [-0.05, 0) is 52.7 Å². The van der Waals surface area contributed by atoms with Crippen LogP contribution in [0.1, 0.15) is 28.9 Å². The van der Waals surface area contributed by atoms with Gasteiger partial charge < -0.3 is 10.1 Å². The summed E-state index contributed by atoms with van der Waals surface area (Å²) in [5, 5.41) is 2.84. The fourth-order valence-electron chi connectivity index (χ4n) is 1.95. The number of nitrogens with one attached hydrogen (secondary N) is 1. The highest BCUT2D eigenvalue weighted by atomic mass is 79.9. The maximum absolute atomic E-state index is 13.5. The van der Waals surface area contributed by atoms with E-state index in [4.69, 9.17) is 4.74 Å². The Bertz CT molecular complexity index is 660. The van der Waals surface area contributed by atoms with E-state index in [1.54, 1.807) is 13.2 Å². The molecule has 0 saturated heterocycles. The maximum atomic E-state index is 13.5. The zero-order valence-electron chi connectivity index (χ0n) is 11.7. The molecule has 5 heteroatoms. The van der Waals surface area contributed by atoms with Crippen molar-refractivity contribution >= 4 is 21.8 Å². The van der Waals surface area contributed by atoms with Crippen LogP contribution in [0, 0.1) is 5.82 Å². The molecule has 0 bridgehead atoms. The van der Waals surface area contributed by atoms with E-state index in [1.165, 1.54) is 12.1 Å². The second-order valence-electron chi connectivity index (χ2n) is 4.57. The molecule has 0 saturated carbocycles.